The zero-order valence-electron chi connectivity index (χ0n) is 9.89. The molecule has 3 rings (SSSR count). The van der Waals surface area contributed by atoms with Crippen LogP contribution in [0.2, 0.25) is 0 Å². The first-order chi connectivity index (χ1) is 8.36. The van der Waals surface area contributed by atoms with Crippen molar-refractivity contribution in [3.63, 3.8) is 0 Å². The van der Waals surface area contributed by atoms with Crippen LogP contribution in [-0.4, -0.2) is 36.4 Å². The third-order valence-electron chi connectivity index (χ3n) is 3.53. The largest absolute Gasteiger partial charge is 0.472 e. The van der Waals surface area contributed by atoms with Gasteiger partial charge in [-0.05, 0) is 25.5 Å². The van der Waals surface area contributed by atoms with Gasteiger partial charge < -0.3 is 14.8 Å². The maximum absolute atomic E-state index is 5.95. The van der Waals surface area contributed by atoms with Crippen molar-refractivity contribution in [3.05, 3.63) is 24.4 Å². The van der Waals surface area contributed by atoms with Crippen LogP contribution in [0.1, 0.15) is 19.3 Å². The lowest BCUT2D eigenvalue weighted by molar-refractivity contribution is -0.0153. The average Bonchev–Trinajstić information content (AvgIpc) is 2.74. The van der Waals surface area contributed by atoms with Crippen molar-refractivity contribution in [2.75, 3.05) is 19.7 Å². The minimum atomic E-state index is 0.0116. The standard InChI is InChI=1S/C13H18N2O2/c1-2-7-15-12(4-1)17-11-8-13(16-9-11)5-3-6-14-10-13/h1-2,4,7,11,14H,3,5-6,8-10H2/t11-,13-/m1/s1. The summed E-state index contributed by atoms with van der Waals surface area (Å²) in [6, 6.07) is 5.73. The summed E-state index contributed by atoms with van der Waals surface area (Å²) in [6.07, 6.45) is 5.20. The van der Waals surface area contributed by atoms with E-state index < -0.39 is 0 Å². The highest BCUT2D eigenvalue weighted by atomic mass is 16.6. The lowest BCUT2D eigenvalue weighted by Crippen LogP contribution is -2.45. The number of hydrogen-bond donors (Lipinski definition) is 1. The predicted molar refractivity (Wildman–Crippen MR) is 64.1 cm³/mol. The van der Waals surface area contributed by atoms with Gasteiger partial charge in [0, 0.05) is 25.2 Å². The number of aromatic nitrogens is 1. The van der Waals surface area contributed by atoms with E-state index in [1.165, 1.54) is 6.42 Å². The molecule has 0 bridgehead atoms. The maximum Gasteiger partial charge on any atom is 0.213 e. The number of nitrogens with zero attached hydrogens (tertiary/aromatic N) is 1. The monoisotopic (exact) mass is 234 g/mol. The maximum atomic E-state index is 5.95. The van der Waals surface area contributed by atoms with E-state index in [2.05, 4.69) is 10.3 Å². The van der Waals surface area contributed by atoms with Gasteiger partial charge in [0.25, 0.3) is 0 Å². The number of nitrogens with one attached hydrogen (secondary N) is 1. The van der Waals surface area contributed by atoms with Crippen molar-refractivity contribution in [3.8, 4) is 5.88 Å². The summed E-state index contributed by atoms with van der Waals surface area (Å²) >= 11 is 0. The van der Waals surface area contributed by atoms with Gasteiger partial charge in [0.15, 0.2) is 0 Å². The third-order valence-corrected chi connectivity index (χ3v) is 3.53. The van der Waals surface area contributed by atoms with Crippen LogP contribution in [0.4, 0.5) is 0 Å². The normalized spacial score (nSPS) is 32.8. The number of hydrogen-bond acceptors (Lipinski definition) is 4. The molecule has 1 aromatic rings. The SMILES string of the molecule is c1ccc(O[C@H]2CO[C@]3(CCCNC3)C2)nc1. The topological polar surface area (TPSA) is 43.4 Å². The Balaban J connectivity index is 1.60. The predicted octanol–water partition coefficient (Wildman–Crippen LogP) is 1.37. The highest BCUT2D eigenvalue weighted by Gasteiger charge is 2.42. The highest BCUT2D eigenvalue weighted by Crippen LogP contribution is 2.33. The Hall–Kier alpha value is -1.13. The van der Waals surface area contributed by atoms with E-state index in [0.717, 1.165) is 25.9 Å². The van der Waals surface area contributed by atoms with Gasteiger partial charge in [0.05, 0.1) is 12.2 Å². The van der Waals surface area contributed by atoms with Crippen LogP contribution in [0.25, 0.3) is 0 Å². The van der Waals surface area contributed by atoms with E-state index in [1.807, 2.05) is 18.2 Å². The van der Waals surface area contributed by atoms with Gasteiger partial charge in [-0.25, -0.2) is 4.98 Å². The fraction of sp³-hybridized carbons (Fsp3) is 0.615. The van der Waals surface area contributed by atoms with Crippen molar-refractivity contribution in [2.24, 2.45) is 0 Å². The molecule has 2 aliphatic heterocycles. The zero-order valence-corrected chi connectivity index (χ0v) is 9.89. The van der Waals surface area contributed by atoms with Crippen molar-refractivity contribution >= 4 is 0 Å². The van der Waals surface area contributed by atoms with Gasteiger partial charge in [0.1, 0.15) is 6.10 Å². The van der Waals surface area contributed by atoms with Gasteiger partial charge in [-0.1, -0.05) is 6.07 Å². The Bertz CT molecular complexity index is 363. The molecule has 1 N–H and O–H groups in total. The second kappa shape index (κ2) is 4.63. The van der Waals surface area contributed by atoms with Crippen LogP contribution < -0.4 is 10.1 Å². The lowest BCUT2D eigenvalue weighted by atomic mass is 9.90. The van der Waals surface area contributed by atoms with Crippen LogP contribution >= 0.6 is 0 Å². The van der Waals surface area contributed by atoms with Crippen LogP contribution in [0.5, 0.6) is 5.88 Å². The first kappa shape index (κ1) is 11.0. The van der Waals surface area contributed by atoms with E-state index in [9.17, 15) is 0 Å². The molecule has 2 saturated heterocycles. The molecular weight excluding hydrogens is 216 g/mol. The average molecular weight is 234 g/mol. The van der Waals surface area contributed by atoms with Gasteiger partial charge in [-0.3, -0.25) is 0 Å². The first-order valence-electron chi connectivity index (χ1n) is 6.29. The summed E-state index contributed by atoms with van der Waals surface area (Å²) in [5.74, 6) is 0.696. The summed E-state index contributed by atoms with van der Waals surface area (Å²) in [5, 5.41) is 3.41. The Morgan fingerprint density at radius 2 is 2.47 bits per heavy atom. The smallest absolute Gasteiger partial charge is 0.213 e. The van der Waals surface area contributed by atoms with E-state index in [0.29, 0.717) is 12.5 Å². The van der Waals surface area contributed by atoms with E-state index in [-0.39, 0.29) is 11.7 Å². The summed E-state index contributed by atoms with van der Waals surface area (Å²) in [5.41, 5.74) is 0.0116. The summed E-state index contributed by atoms with van der Waals surface area (Å²) in [4.78, 5) is 4.18. The molecule has 0 saturated carbocycles. The molecule has 0 radical (unpaired) electrons. The second-order valence-electron chi connectivity index (χ2n) is 4.89. The fourth-order valence-corrected chi connectivity index (χ4v) is 2.70. The Kier molecular flexibility index (Phi) is 2.99. The summed E-state index contributed by atoms with van der Waals surface area (Å²) in [7, 11) is 0. The molecule has 2 fully saturated rings. The number of ether oxygens (including phenoxy) is 2. The molecular formula is C13H18N2O2. The molecule has 4 heteroatoms. The highest BCUT2D eigenvalue weighted by molar-refractivity contribution is 5.10. The minimum Gasteiger partial charge on any atom is -0.472 e. The molecule has 17 heavy (non-hydrogen) atoms. The quantitative estimate of drug-likeness (QED) is 0.839. The lowest BCUT2D eigenvalue weighted by Gasteiger charge is -2.32. The summed E-state index contributed by atoms with van der Waals surface area (Å²) < 4.78 is 11.8. The van der Waals surface area contributed by atoms with Crippen LogP contribution in [0.15, 0.2) is 24.4 Å². The van der Waals surface area contributed by atoms with E-state index in [1.54, 1.807) is 6.20 Å². The summed E-state index contributed by atoms with van der Waals surface area (Å²) in [6.45, 7) is 2.74. The molecule has 1 spiro atoms. The molecule has 0 aromatic carbocycles. The first-order valence-corrected chi connectivity index (χ1v) is 6.29. The van der Waals surface area contributed by atoms with Gasteiger partial charge in [-0.15, -0.1) is 0 Å². The van der Waals surface area contributed by atoms with E-state index >= 15 is 0 Å². The zero-order chi connectivity index (χ0) is 11.6. The van der Waals surface area contributed by atoms with Gasteiger partial charge in [0.2, 0.25) is 5.88 Å². The van der Waals surface area contributed by atoms with Crippen molar-refractivity contribution in [1.29, 1.82) is 0 Å². The van der Waals surface area contributed by atoms with Crippen molar-refractivity contribution in [1.82, 2.24) is 10.3 Å². The van der Waals surface area contributed by atoms with Crippen LogP contribution in [0, 0.1) is 0 Å². The molecule has 0 amide bonds. The molecule has 1 aromatic heterocycles. The fourth-order valence-electron chi connectivity index (χ4n) is 2.70. The Morgan fingerprint density at radius 1 is 1.47 bits per heavy atom. The van der Waals surface area contributed by atoms with Crippen LogP contribution in [0.3, 0.4) is 0 Å². The van der Waals surface area contributed by atoms with Gasteiger partial charge in [-0.2, -0.15) is 0 Å². The number of pyridine rings is 1. The van der Waals surface area contributed by atoms with Crippen LogP contribution in [-0.2, 0) is 4.74 Å². The van der Waals surface area contributed by atoms with Crippen molar-refractivity contribution < 1.29 is 9.47 Å². The van der Waals surface area contributed by atoms with Crippen molar-refractivity contribution in [2.45, 2.75) is 31.0 Å². The van der Waals surface area contributed by atoms with E-state index in [4.69, 9.17) is 9.47 Å². The number of piperidine rings is 1. The molecule has 0 aliphatic carbocycles. The Labute approximate surface area is 101 Å². The third kappa shape index (κ3) is 2.42. The molecule has 4 nitrogen and oxygen atoms in total. The number of rotatable bonds is 2. The molecule has 92 valence electrons. The second-order valence-corrected chi connectivity index (χ2v) is 4.89. The molecule has 2 atom stereocenters. The molecule has 0 unspecified atom stereocenters. The molecule has 2 aliphatic rings. The van der Waals surface area contributed by atoms with Gasteiger partial charge >= 0.3 is 0 Å². The minimum absolute atomic E-state index is 0.0116. The Morgan fingerprint density at radius 3 is 3.24 bits per heavy atom. The molecule has 3 heterocycles.